The lowest BCUT2D eigenvalue weighted by molar-refractivity contribution is 0.262. The molecule has 3 aromatic heterocycles. The van der Waals surface area contributed by atoms with Crippen molar-refractivity contribution in [1.82, 2.24) is 24.3 Å². The van der Waals surface area contributed by atoms with Crippen molar-refractivity contribution in [2.24, 2.45) is 7.05 Å². The number of aromatic nitrogens is 5. The second-order valence-electron chi connectivity index (χ2n) is 8.88. The number of hydrogen-bond donors (Lipinski definition) is 3. The third-order valence-electron chi connectivity index (χ3n) is 5.29. The first-order chi connectivity index (χ1) is 16.5. The summed E-state index contributed by atoms with van der Waals surface area (Å²) in [6, 6.07) is 3.28. The number of rotatable bonds is 4. The smallest absolute Gasteiger partial charge is 0.323 e. The molecule has 2 amide bonds. The summed E-state index contributed by atoms with van der Waals surface area (Å²) in [5.74, 6) is -0.385. The molecular weight excluding hydrogens is 475 g/mol. The van der Waals surface area contributed by atoms with E-state index in [-0.39, 0.29) is 27.4 Å². The number of nitrogens with zero attached hydrogens (tertiary/aromatic N) is 5. The van der Waals surface area contributed by atoms with Crippen LogP contribution in [-0.2, 0) is 12.6 Å². The summed E-state index contributed by atoms with van der Waals surface area (Å²) in [5.41, 5.74) is 0.524. The van der Waals surface area contributed by atoms with E-state index in [9.17, 15) is 14.0 Å². The molecule has 35 heavy (non-hydrogen) atoms. The minimum absolute atomic E-state index is 0.0177. The van der Waals surface area contributed by atoms with Crippen LogP contribution in [0.15, 0.2) is 41.6 Å². The summed E-state index contributed by atoms with van der Waals surface area (Å²) in [7, 11) is 3.25. The third kappa shape index (κ3) is 4.80. The van der Waals surface area contributed by atoms with Gasteiger partial charge in [0.25, 0.3) is 5.56 Å². The number of aryl methyl sites for hydroxylation is 1. The molecule has 0 fully saturated rings. The van der Waals surface area contributed by atoms with E-state index in [1.165, 1.54) is 16.8 Å². The minimum Gasteiger partial charge on any atom is -0.357 e. The summed E-state index contributed by atoms with van der Waals surface area (Å²) in [6.07, 6.45) is 4.73. The second kappa shape index (κ2) is 8.99. The summed E-state index contributed by atoms with van der Waals surface area (Å²) in [4.78, 5) is 34.1. The SMILES string of the molecule is CNc1ncc2cc(-c3cc(NC(=O)Nc4cnn(C(C)(C)C)c4)c(F)cc3Cl)c(=O)n(C)c2n1. The molecule has 0 radical (unpaired) electrons. The maximum atomic E-state index is 14.7. The van der Waals surface area contributed by atoms with Gasteiger partial charge in [-0.05, 0) is 39.0 Å². The molecule has 1 aromatic carbocycles. The quantitative estimate of drug-likeness (QED) is 0.383. The van der Waals surface area contributed by atoms with Crippen molar-refractivity contribution in [1.29, 1.82) is 0 Å². The van der Waals surface area contributed by atoms with Gasteiger partial charge in [0.1, 0.15) is 11.5 Å². The largest absolute Gasteiger partial charge is 0.357 e. The van der Waals surface area contributed by atoms with Crippen molar-refractivity contribution < 1.29 is 9.18 Å². The Labute approximate surface area is 205 Å². The standard InChI is InChI=1S/C23H24ClFN8O2/c1-23(2,3)33-11-13(10-28-33)29-22(35)30-18-7-14(16(24)8-17(18)25)15-6-12-9-27-21(26-4)31-19(12)32(5)20(15)34/h6-11H,1-5H3,(H,26,27,31)(H2,29,30,35). The van der Waals surface area contributed by atoms with Gasteiger partial charge in [-0.1, -0.05) is 11.6 Å². The Bertz CT molecular complexity index is 1510. The number of carbonyl (C=O) groups excluding carboxylic acids is 1. The number of benzene rings is 1. The molecule has 3 N–H and O–H groups in total. The highest BCUT2D eigenvalue weighted by Crippen LogP contribution is 2.32. The fourth-order valence-electron chi connectivity index (χ4n) is 3.45. The van der Waals surface area contributed by atoms with Crippen LogP contribution in [0, 0.1) is 5.82 Å². The van der Waals surface area contributed by atoms with Gasteiger partial charge < -0.3 is 16.0 Å². The molecule has 182 valence electrons. The van der Waals surface area contributed by atoms with Crippen molar-refractivity contribution in [3.63, 3.8) is 0 Å². The number of nitrogens with one attached hydrogen (secondary N) is 3. The van der Waals surface area contributed by atoms with E-state index in [4.69, 9.17) is 11.6 Å². The number of urea groups is 1. The van der Waals surface area contributed by atoms with Crippen LogP contribution in [0.1, 0.15) is 20.8 Å². The van der Waals surface area contributed by atoms with E-state index in [0.29, 0.717) is 22.7 Å². The lowest BCUT2D eigenvalue weighted by Gasteiger charge is -2.18. The van der Waals surface area contributed by atoms with Crippen LogP contribution in [0.4, 0.5) is 26.5 Å². The van der Waals surface area contributed by atoms with Gasteiger partial charge in [0.2, 0.25) is 5.95 Å². The summed E-state index contributed by atoms with van der Waals surface area (Å²) in [5, 5.41) is 12.7. The molecule has 3 heterocycles. The minimum atomic E-state index is -0.751. The second-order valence-corrected chi connectivity index (χ2v) is 9.29. The highest BCUT2D eigenvalue weighted by molar-refractivity contribution is 6.33. The van der Waals surface area contributed by atoms with Gasteiger partial charge in [-0.2, -0.15) is 10.1 Å². The predicted octanol–water partition coefficient (Wildman–Crippen LogP) is 4.43. The first-order valence-corrected chi connectivity index (χ1v) is 11.0. The third-order valence-corrected chi connectivity index (χ3v) is 5.61. The van der Waals surface area contributed by atoms with E-state index in [0.717, 1.165) is 6.07 Å². The van der Waals surface area contributed by atoms with Crippen LogP contribution in [0.5, 0.6) is 0 Å². The summed E-state index contributed by atoms with van der Waals surface area (Å²) >= 11 is 6.30. The number of pyridine rings is 1. The van der Waals surface area contributed by atoms with Crippen LogP contribution >= 0.6 is 11.6 Å². The van der Waals surface area contributed by atoms with Gasteiger partial charge in [-0.15, -0.1) is 0 Å². The van der Waals surface area contributed by atoms with Crippen LogP contribution in [0.2, 0.25) is 5.02 Å². The Morgan fingerprint density at radius 3 is 2.51 bits per heavy atom. The average molecular weight is 499 g/mol. The van der Waals surface area contributed by atoms with Gasteiger partial charge >= 0.3 is 6.03 Å². The predicted molar refractivity (Wildman–Crippen MR) is 135 cm³/mol. The highest BCUT2D eigenvalue weighted by Gasteiger charge is 2.19. The normalized spacial score (nSPS) is 11.5. The molecule has 0 spiro atoms. The van der Waals surface area contributed by atoms with Crippen LogP contribution in [0.25, 0.3) is 22.2 Å². The first-order valence-electron chi connectivity index (χ1n) is 10.6. The van der Waals surface area contributed by atoms with Crippen molar-refractivity contribution in [3.8, 4) is 11.1 Å². The topological polar surface area (TPSA) is 119 Å². The molecule has 12 heteroatoms. The molecule has 0 saturated heterocycles. The molecule has 0 saturated carbocycles. The van der Waals surface area contributed by atoms with E-state index in [2.05, 4.69) is 31.0 Å². The lowest BCUT2D eigenvalue weighted by Crippen LogP contribution is -2.22. The Morgan fingerprint density at radius 2 is 1.86 bits per heavy atom. The number of amides is 2. The molecule has 0 aliphatic carbocycles. The number of fused-ring (bicyclic) bond motifs is 1. The van der Waals surface area contributed by atoms with Crippen LogP contribution in [0.3, 0.4) is 0 Å². The summed E-state index contributed by atoms with van der Waals surface area (Å²) in [6.45, 7) is 5.91. The van der Waals surface area contributed by atoms with Crippen molar-refractivity contribution in [2.45, 2.75) is 26.3 Å². The summed E-state index contributed by atoms with van der Waals surface area (Å²) < 4.78 is 17.7. The van der Waals surface area contributed by atoms with Crippen LogP contribution < -0.4 is 21.5 Å². The van der Waals surface area contributed by atoms with Crippen molar-refractivity contribution >= 4 is 46.0 Å². The Morgan fingerprint density at radius 1 is 1.11 bits per heavy atom. The van der Waals surface area contributed by atoms with Crippen molar-refractivity contribution in [2.75, 3.05) is 23.0 Å². The molecule has 0 aliphatic rings. The molecule has 0 bridgehead atoms. The number of hydrogen-bond acceptors (Lipinski definition) is 6. The van der Waals surface area contributed by atoms with Gasteiger partial charge in [-0.25, -0.2) is 14.2 Å². The molecule has 0 aliphatic heterocycles. The molecule has 4 aromatic rings. The molecule has 0 atom stereocenters. The molecule has 10 nitrogen and oxygen atoms in total. The average Bonchev–Trinajstić information content (AvgIpc) is 3.27. The van der Waals surface area contributed by atoms with Gasteiger partial charge in [-0.3, -0.25) is 14.0 Å². The molecular formula is C23H24ClFN8O2. The van der Waals surface area contributed by atoms with Crippen LogP contribution in [-0.4, -0.2) is 37.4 Å². The number of anilines is 3. The zero-order valence-electron chi connectivity index (χ0n) is 19.8. The fourth-order valence-corrected chi connectivity index (χ4v) is 3.70. The maximum absolute atomic E-state index is 14.7. The maximum Gasteiger partial charge on any atom is 0.323 e. The van der Waals surface area contributed by atoms with E-state index in [1.807, 2.05) is 20.8 Å². The molecule has 4 rings (SSSR count). The van der Waals surface area contributed by atoms with E-state index >= 15 is 0 Å². The zero-order chi connectivity index (χ0) is 25.5. The monoisotopic (exact) mass is 498 g/mol. The Kier molecular flexibility index (Phi) is 6.20. The van der Waals surface area contributed by atoms with Gasteiger partial charge in [0.05, 0.1) is 28.1 Å². The lowest BCUT2D eigenvalue weighted by atomic mass is 10.0. The Balaban J connectivity index is 1.67. The fraction of sp³-hybridized carbons (Fsp3) is 0.261. The van der Waals surface area contributed by atoms with Crippen molar-refractivity contribution in [3.05, 3.63) is 58.0 Å². The number of halogens is 2. The van der Waals surface area contributed by atoms with E-state index in [1.54, 1.807) is 37.2 Å². The molecule has 0 unspecified atom stereocenters. The van der Waals surface area contributed by atoms with E-state index < -0.39 is 17.4 Å². The number of carbonyl (C=O) groups is 1. The highest BCUT2D eigenvalue weighted by atomic mass is 35.5. The zero-order valence-corrected chi connectivity index (χ0v) is 20.5. The first kappa shape index (κ1) is 24.1. The van der Waals surface area contributed by atoms with Gasteiger partial charge in [0, 0.05) is 43.0 Å². The Hall–Kier alpha value is -3.99. The van der Waals surface area contributed by atoms with Gasteiger partial charge in [0.15, 0.2) is 0 Å².